The second kappa shape index (κ2) is 20.5. The summed E-state index contributed by atoms with van der Waals surface area (Å²) in [5.41, 5.74) is 10.6. The first-order valence-electron chi connectivity index (χ1n) is 16.6. The van der Waals surface area contributed by atoms with Crippen molar-refractivity contribution in [2.75, 3.05) is 46.1 Å². The second-order valence-corrected chi connectivity index (χ2v) is 12.2. The van der Waals surface area contributed by atoms with E-state index >= 15 is 0 Å². The van der Waals surface area contributed by atoms with Crippen molar-refractivity contribution in [3.05, 3.63) is 95.6 Å². The third-order valence-electron chi connectivity index (χ3n) is 8.12. The fraction of sp³-hybridized carbons (Fsp3) is 0.432. The highest BCUT2D eigenvalue weighted by atomic mass is 35.5. The average Bonchev–Trinajstić information content (AvgIpc) is 3.41. The number of benzene rings is 3. The largest absolute Gasteiger partial charge is 0.449 e. The van der Waals surface area contributed by atoms with Crippen LogP contribution in [0.3, 0.4) is 0 Å². The Morgan fingerprint density at radius 1 is 0.796 bits per heavy atom. The summed E-state index contributed by atoms with van der Waals surface area (Å²) in [5, 5.41) is 19.5. The lowest BCUT2D eigenvalue weighted by molar-refractivity contribution is -0.135. The topological polar surface area (TPSA) is 161 Å². The number of nitrogens with one attached hydrogen (secondary N) is 3. The van der Waals surface area contributed by atoms with Crippen LogP contribution < -0.4 is 21.7 Å². The molecule has 12 heteroatoms. The zero-order chi connectivity index (χ0) is 34.3. The zero-order valence-corrected chi connectivity index (χ0v) is 29.0. The molecule has 266 valence electrons. The van der Waals surface area contributed by atoms with Gasteiger partial charge in [-0.15, -0.1) is 12.4 Å². The molecular weight excluding hydrogens is 648 g/mol. The average molecular weight is 697 g/mol. The predicted octanol–water partition coefficient (Wildman–Crippen LogP) is 3.56. The maximum absolute atomic E-state index is 13.4. The van der Waals surface area contributed by atoms with Crippen molar-refractivity contribution in [3.63, 3.8) is 0 Å². The number of hydrogen-bond donors (Lipinski definition) is 5. The fourth-order valence-electron chi connectivity index (χ4n) is 5.82. The van der Waals surface area contributed by atoms with E-state index in [0.717, 1.165) is 27.8 Å². The Labute approximate surface area is 294 Å². The Kier molecular flexibility index (Phi) is 16.5. The molecule has 6 N–H and O–H groups in total. The van der Waals surface area contributed by atoms with Crippen LogP contribution in [-0.2, 0) is 30.2 Å². The number of rotatable bonds is 19. The van der Waals surface area contributed by atoms with Gasteiger partial charge in [0.2, 0.25) is 5.91 Å². The Morgan fingerprint density at radius 3 is 2.00 bits per heavy atom. The third-order valence-corrected chi connectivity index (χ3v) is 8.12. The van der Waals surface area contributed by atoms with E-state index in [4.69, 9.17) is 19.9 Å². The number of carbonyl (C=O) groups is 3. The van der Waals surface area contributed by atoms with Crippen molar-refractivity contribution < 1.29 is 33.7 Å². The number of aliphatic hydroxyl groups is 1. The molecule has 0 saturated heterocycles. The van der Waals surface area contributed by atoms with Crippen LogP contribution in [0, 0.1) is 5.92 Å². The van der Waals surface area contributed by atoms with Gasteiger partial charge in [-0.3, -0.25) is 9.59 Å². The zero-order valence-electron chi connectivity index (χ0n) is 28.1. The second-order valence-electron chi connectivity index (χ2n) is 12.2. The number of alkyl carbamates (subject to hydrolysis) is 1. The van der Waals surface area contributed by atoms with Crippen molar-refractivity contribution in [2.24, 2.45) is 11.7 Å². The highest BCUT2D eigenvalue weighted by Crippen LogP contribution is 2.44. The molecule has 0 radical (unpaired) electrons. The normalized spacial score (nSPS) is 13.7. The number of halogens is 1. The van der Waals surface area contributed by atoms with E-state index in [1.54, 1.807) is 0 Å². The maximum atomic E-state index is 13.4. The molecule has 0 saturated carbocycles. The van der Waals surface area contributed by atoms with Crippen molar-refractivity contribution in [3.8, 4) is 11.1 Å². The van der Waals surface area contributed by atoms with E-state index in [-0.39, 0.29) is 50.4 Å². The molecule has 3 atom stereocenters. The summed E-state index contributed by atoms with van der Waals surface area (Å²) in [5.74, 6) is -1.23. The van der Waals surface area contributed by atoms with Gasteiger partial charge in [0.05, 0.1) is 32.5 Å². The highest BCUT2D eigenvalue weighted by molar-refractivity contribution is 5.90. The monoisotopic (exact) mass is 696 g/mol. The predicted molar refractivity (Wildman–Crippen MR) is 190 cm³/mol. The number of aliphatic hydroxyl groups excluding tert-OH is 1. The first-order valence-corrected chi connectivity index (χ1v) is 16.6. The summed E-state index contributed by atoms with van der Waals surface area (Å²) in [7, 11) is 0. The number of hydrogen-bond acceptors (Lipinski definition) is 8. The molecule has 0 unspecified atom stereocenters. The number of ether oxygens (including phenoxy) is 3. The van der Waals surface area contributed by atoms with Crippen molar-refractivity contribution in [1.82, 2.24) is 16.0 Å². The molecular formula is C37H49ClN4O7. The number of amides is 3. The summed E-state index contributed by atoms with van der Waals surface area (Å²) >= 11 is 0. The van der Waals surface area contributed by atoms with E-state index in [9.17, 15) is 19.5 Å². The summed E-state index contributed by atoms with van der Waals surface area (Å²) in [6.45, 7) is 6.13. The first kappa shape index (κ1) is 39.4. The molecule has 3 aromatic rings. The van der Waals surface area contributed by atoms with Gasteiger partial charge in [-0.2, -0.15) is 0 Å². The van der Waals surface area contributed by atoms with E-state index in [1.807, 2.05) is 80.6 Å². The Bertz CT molecular complexity index is 1430. The lowest BCUT2D eigenvalue weighted by Gasteiger charge is -2.26. The highest BCUT2D eigenvalue weighted by Gasteiger charge is 2.33. The molecule has 1 aliphatic carbocycles. The van der Waals surface area contributed by atoms with Crippen LogP contribution >= 0.6 is 12.4 Å². The molecule has 0 fully saturated rings. The third kappa shape index (κ3) is 11.8. The standard InChI is InChI=1S/C37H48N4O7.ClH/c1-25(2)22-33(35(43)39-17-19-47-21-20-46-18-16-38)40-36(44)34(42)32(23-26-10-4-3-5-11-26)41-37(45)48-24-31-29-14-8-6-12-27(29)28-13-7-9-15-30(28)31;/h3-15,25,31-34,42H,16-24,38H2,1-2H3,(H,39,43)(H,40,44)(H,41,45);1H/t32-,33+,34+;/m1./s1. The molecule has 0 aromatic heterocycles. The van der Waals surface area contributed by atoms with Crippen LogP contribution in [0.25, 0.3) is 11.1 Å². The molecule has 0 aliphatic heterocycles. The number of nitrogens with two attached hydrogens (primary N) is 1. The van der Waals surface area contributed by atoms with Gasteiger partial charge in [0.15, 0.2) is 6.10 Å². The van der Waals surface area contributed by atoms with E-state index in [1.165, 1.54) is 0 Å². The van der Waals surface area contributed by atoms with Crippen LogP contribution in [0.2, 0.25) is 0 Å². The first-order chi connectivity index (χ1) is 23.3. The number of fused-ring (bicyclic) bond motifs is 3. The quantitative estimate of drug-likeness (QED) is 0.119. The summed E-state index contributed by atoms with van der Waals surface area (Å²) in [6.07, 6.45) is -1.91. The molecule has 0 heterocycles. The van der Waals surface area contributed by atoms with Gasteiger partial charge in [-0.1, -0.05) is 92.7 Å². The summed E-state index contributed by atoms with van der Waals surface area (Å²) < 4.78 is 16.4. The van der Waals surface area contributed by atoms with Crippen molar-refractivity contribution >= 4 is 30.3 Å². The Balaban J connectivity index is 0.00000650. The summed E-state index contributed by atoms with van der Waals surface area (Å²) in [4.78, 5) is 39.7. The van der Waals surface area contributed by atoms with Crippen molar-refractivity contribution in [1.29, 1.82) is 0 Å². The van der Waals surface area contributed by atoms with Crippen LogP contribution in [0.5, 0.6) is 0 Å². The lowest BCUT2D eigenvalue weighted by atomic mass is 9.98. The van der Waals surface area contributed by atoms with Crippen LogP contribution in [-0.4, -0.2) is 87.3 Å². The molecule has 3 aromatic carbocycles. The summed E-state index contributed by atoms with van der Waals surface area (Å²) in [6, 6.07) is 23.4. The van der Waals surface area contributed by atoms with Crippen LogP contribution in [0.1, 0.15) is 42.9 Å². The van der Waals surface area contributed by atoms with E-state index in [0.29, 0.717) is 32.8 Å². The van der Waals surface area contributed by atoms with Gasteiger partial charge < -0.3 is 41.0 Å². The Morgan fingerprint density at radius 2 is 1.39 bits per heavy atom. The SMILES string of the molecule is CC(C)C[C@H](NC(=O)[C@@H](O)[C@@H](Cc1ccccc1)NC(=O)OCC1c2ccccc2-c2ccccc21)C(=O)NCCOCCOCCN.Cl. The van der Waals surface area contributed by atoms with Gasteiger partial charge in [-0.05, 0) is 46.6 Å². The molecule has 49 heavy (non-hydrogen) atoms. The van der Waals surface area contributed by atoms with E-state index < -0.39 is 36.1 Å². The molecule has 11 nitrogen and oxygen atoms in total. The van der Waals surface area contributed by atoms with Crippen LogP contribution in [0.4, 0.5) is 4.79 Å². The smallest absolute Gasteiger partial charge is 0.407 e. The molecule has 0 bridgehead atoms. The van der Waals surface area contributed by atoms with E-state index in [2.05, 4.69) is 28.1 Å². The van der Waals surface area contributed by atoms with Gasteiger partial charge in [0, 0.05) is 19.0 Å². The molecule has 1 aliphatic rings. The molecule has 3 amide bonds. The fourth-order valence-corrected chi connectivity index (χ4v) is 5.82. The molecule has 0 spiro atoms. The minimum absolute atomic E-state index is 0. The van der Waals surface area contributed by atoms with Gasteiger partial charge in [-0.25, -0.2) is 4.79 Å². The minimum atomic E-state index is -1.66. The van der Waals surface area contributed by atoms with Gasteiger partial charge in [0.25, 0.3) is 5.91 Å². The number of carbonyl (C=O) groups excluding carboxylic acids is 3. The van der Waals surface area contributed by atoms with Gasteiger partial charge in [0.1, 0.15) is 12.6 Å². The lowest BCUT2D eigenvalue weighted by Crippen LogP contribution is -2.56. The van der Waals surface area contributed by atoms with Crippen LogP contribution in [0.15, 0.2) is 78.9 Å². The minimum Gasteiger partial charge on any atom is -0.449 e. The Hall–Kier alpha value is -4.00. The molecule has 4 rings (SSSR count). The van der Waals surface area contributed by atoms with Crippen molar-refractivity contribution in [2.45, 2.75) is 50.8 Å². The van der Waals surface area contributed by atoms with Gasteiger partial charge >= 0.3 is 6.09 Å². The maximum Gasteiger partial charge on any atom is 0.407 e.